The van der Waals surface area contributed by atoms with Gasteiger partial charge in [0.1, 0.15) is 25.4 Å². The number of halogens is 1. The average Bonchev–Trinajstić information content (AvgIpc) is 3.35. The molecule has 3 heterocycles. The van der Waals surface area contributed by atoms with Crippen LogP contribution in [0.1, 0.15) is 33.9 Å². The molecule has 31 heavy (non-hydrogen) atoms. The minimum absolute atomic E-state index is 0.0809. The Kier molecular flexibility index (Phi) is 6.73. The largest absolute Gasteiger partial charge is 0.463 e. The normalized spacial score (nSPS) is 23.3. The molecule has 1 aliphatic rings. The third-order valence-corrected chi connectivity index (χ3v) is 4.45. The predicted octanol–water partition coefficient (Wildman–Crippen LogP) is 0.222. The Hall–Kier alpha value is -3.22. The third kappa shape index (κ3) is 4.93. The second-order valence-corrected chi connectivity index (χ2v) is 7.53. The van der Waals surface area contributed by atoms with Gasteiger partial charge in [-0.1, -0.05) is 27.7 Å². The van der Waals surface area contributed by atoms with E-state index < -0.39 is 54.1 Å². The highest BCUT2D eigenvalue weighted by Gasteiger charge is 2.50. The Morgan fingerprint density at radius 3 is 2.48 bits per heavy atom. The molecule has 0 N–H and O–H groups in total. The van der Waals surface area contributed by atoms with E-state index in [1.54, 1.807) is 27.7 Å². The van der Waals surface area contributed by atoms with Gasteiger partial charge in [0.05, 0.1) is 18.0 Å². The molecule has 0 unspecified atom stereocenters. The van der Waals surface area contributed by atoms with Gasteiger partial charge < -0.3 is 14.2 Å². The maximum Gasteiger partial charge on any atom is 0.368 e. The molecule has 1 fully saturated rings. The van der Waals surface area contributed by atoms with Crippen molar-refractivity contribution in [3.63, 3.8) is 0 Å². The third-order valence-electron chi connectivity index (χ3n) is 4.45. The van der Waals surface area contributed by atoms with E-state index in [-0.39, 0.29) is 12.4 Å². The zero-order valence-corrected chi connectivity index (χ0v) is 17.4. The molecule has 0 amide bonds. The Morgan fingerprint density at radius 2 is 1.90 bits per heavy atom. The van der Waals surface area contributed by atoms with Crippen LogP contribution in [0.15, 0.2) is 23.6 Å². The quantitative estimate of drug-likeness (QED) is 0.551. The summed E-state index contributed by atoms with van der Waals surface area (Å²) in [5.74, 6) is -2.03. The van der Waals surface area contributed by atoms with Crippen molar-refractivity contribution >= 4 is 11.9 Å². The first-order valence-corrected chi connectivity index (χ1v) is 9.66. The molecule has 168 valence electrons. The highest BCUT2D eigenvalue weighted by molar-refractivity contribution is 5.72. The van der Waals surface area contributed by atoms with Crippen LogP contribution in [0.4, 0.5) is 4.39 Å². The number of carbonyl (C=O) groups is 2. The number of rotatable bonds is 7. The molecule has 12 nitrogen and oxygen atoms in total. The van der Waals surface area contributed by atoms with Crippen LogP contribution in [0.2, 0.25) is 0 Å². The maximum absolute atomic E-state index is 15.3. The van der Waals surface area contributed by atoms with Crippen LogP contribution in [0.5, 0.6) is 0 Å². The van der Waals surface area contributed by atoms with Gasteiger partial charge in [0.25, 0.3) is 0 Å². The minimum atomic E-state index is -1.95. The summed E-state index contributed by atoms with van der Waals surface area (Å²) in [6.45, 7) is 6.11. The van der Waals surface area contributed by atoms with Crippen LogP contribution in [-0.2, 0) is 23.8 Å². The number of ether oxygens (including phenoxy) is 3. The molecule has 0 aromatic carbocycles. The summed E-state index contributed by atoms with van der Waals surface area (Å²) in [6.07, 6.45) is -2.25. The van der Waals surface area contributed by atoms with Crippen molar-refractivity contribution in [3.05, 3.63) is 29.3 Å². The second-order valence-electron chi connectivity index (χ2n) is 7.53. The highest BCUT2D eigenvalue weighted by atomic mass is 19.1. The van der Waals surface area contributed by atoms with E-state index in [0.29, 0.717) is 4.68 Å². The summed E-state index contributed by atoms with van der Waals surface area (Å²) in [4.78, 5) is 43.9. The van der Waals surface area contributed by atoms with Gasteiger partial charge in [0.2, 0.25) is 0 Å². The Balaban J connectivity index is 1.84. The van der Waals surface area contributed by atoms with Gasteiger partial charge in [-0.15, -0.1) is 0 Å². The lowest BCUT2D eigenvalue weighted by molar-refractivity contribution is -0.163. The summed E-state index contributed by atoms with van der Waals surface area (Å²) >= 11 is 0. The molecule has 1 aliphatic heterocycles. The number of carbonyl (C=O) groups excluding carboxylic acids is 2. The van der Waals surface area contributed by atoms with Crippen LogP contribution in [0.25, 0.3) is 5.82 Å². The first kappa shape index (κ1) is 22.5. The van der Waals surface area contributed by atoms with E-state index in [2.05, 4.69) is 20.2 Å². The monoisotopic (exact) mass is 438 g/mol. The molecule has 0 aliphatic carbocycles. The number of esters is 2. The zero-order chi connectivity index (χ0) is 22.7. The van der Waals surface area contributed by atoms with E-state index >= 15 is 4.39 Å². The van der Waals surface area contributed by atoms with Crippen LogP contribution >= 0.6 is 0 Å². The van der Waals surface area contributed by atoms with Gasteiger partial charge in [-0.25, -0.2) is 18.9 Å². The first-order valence-electron chi connectivity index (χ1n) is 9.66. The standard InChI is InChI=1S/C18H23FN6O6/c1-9(2)16(26)29-6-11-14(31-17(27)10(3)4)13(19)15(30-11)25-18(28)23-12(5-21-25)24-8-20-7-22-24/h5,7-11,13-15H,6H2,1-4H3/t11-,13-,14-,15-/m1/s1. The molecule has 3 rings (SSSR count). The SMILES string of the molecule is CC(C)C(=O)OC[C@H]1O[C@@H](n2ncc(-n3cncn3)nc2=O)[C@H](F)[C@@H]1OC(=O)C(C)C. The van der Waals surface area contributed by atoms with Crippen molar-refractivity contribution in [2.24, 2.45) is 11.8 Å². The van der Waals surface area contributed by atoms with Crippen molar-refractivity contribution in [1.82, 2.24) is 29.5 Å². The predicted molar refractivity (Wildman–Crippen MR) is 101 cm³/mol. The summed E-state index contributed by atoms with van der Waals surface area (Å²) in [7, 11) is 0. The number of nitrogens with zero attached hydrogens (tertiary/aromatic N) is 6. The van der Waals surface area contributed by atoms with Crippen molar-refractivity contribution in [1.29, 1.82) is 0 Å². The Labute approximate surface area is 176 Å². The van der Waals surface area contributed by atoms with Gasteiger partial charge in [0.15, 0.2) is 24.3 Å². The van der Waals surface area contributed by atoms with E-state index in [1.807, 2.05) is 0 Å². The smallest absolute Gasteiger partial charge is 0.368 e. The lowest BCUT2D eigenvalue weighted by atomic mass is 10.1. The molecule has 13 heteroatoms. The van der Waals surface area contributed by atoms with Crippen LogP contribution in [-0.4, -0.2) is 66.5 Å². The fourth-order valence-electron chi connectivity index (χ4n) is 2.72. The number of hydrogen-bond donors (Lipinski definition) is 0. The number of hydrogen-bond acceptors (Lipinski definition) is 10. The van der Waals surface area contributed by atoms with Crippen molar-refractivity contribution in [2.45, 2.75) is 52.3 Å². The van der Waals surface area contributed by atoms with Gasteiger partial charge in [-0.3, -0.25) is 9.59 Å². The first-order chi connectivity index (χ1) is 14.7. The number of aromatic nitrogens is 6. The summed E-state index contributed by atoms with van der Waals surface area (Å²) in [5.41, 5.74) is -0.908. The molecule has 4 atom stereocenters. The molecular weight excluding hydrogens is 415 g/mol. The van der Waals surface area contributed by atoms with Crippen LogP contribution in [0, 0.1) is 11.8 Å². The molecule has 0 saturated carbocycles. The van der Waals surface area contributed by atoms with Gasteiger partial charge >= 0.3 is 17.6 Å². The number of alkyl halides is 1. The molecule has 0 bridgehead atoms. The molecule has 2 aromatic rings. The summed E-state index contributed by atoms with van der Waals surface area (Å²) in [6, 6.07) is 0. The Bertz CT molecular complexity index is 978. The maximum atomic E-state index is 15.3. The van der Waals surface area contributed by atoms with Crippen LogP contribution < -0.4 is 5.69 Å². The fraction of sp³-hybridized carbons (Fsp3) is 0.611. The van der Waals surface area contributed by atoms with E-state index in [4.69, 9.17) is 14.2 Å². The van der Waals surface area contributed by atoms with Gasteiger partial charge in [-0.2, -0.15) is 19.9 Å². The van der Waals surface area contributed by atoms with E-state index in [1.165, 1.54) is 23.5 Å². The minimum Gasteiger partial charge on any atom is -0.463 e. The Morgan fingerprint density at radius 1 is 1.19 bits per heavy atom. The molecule has 0 spiro atoms. The second kappa shape index (κ2) is 9.29. The fourth-order valence-corrected chi connectivity index (χ4v) is 2.72. The van der Waals surface area contributed by atoms with Crippen LogP contribution in [0.3, 0.4) is 0 Å². The van der Waals surface area contributed by atoms with Crippen molar-refractivity contribution < 1.29 is 28.2 Å². The van der Waals surface area contributed by atoms with E-state index in [0.717, 1.165) is 0 Å². The summed E-state index contributed by atoms with van der Waals surface area (Å²) < 4.78 is 33.1. The molecule has 0 radical (unpaired) electrons. The molecule has 1 saturated heterocycles. The summed E-state index contributed by atoms with van der Waals surface area (Å²) in [5, 5.41) is 7.75. The molecule has 2 aromatic heterocycles. The van der Waals surface area contributed by atoms with E-state index in [9.17, 15) is 14.4 Å². The average molecular weight is 438 g/mol. The highest BCUT2D eigenvalue weighted by Crippen LogP contribution is 2.33. The van der Waals surface area contributed by atoms with Gasteiger partial charge in [-0.05, 0) is 0 Å². The topological polar surface area (TPSA) is 140 Å². The van der Waals surface area contributed by atoms with Crippen molar-refractivity contribution in [2.75, 3.05) is 6.61 Å². The van der Waals surface area contributed by atoms with Gasteiger partial charge in [0, 0.05) is 0 Å². The lowest BCUT2D eigenvalue weighted by Crippen LogP contribution is -2.39. The molecular formula is C18H23FN6O6. The van der Waals surface area contributed by atoms with Crippen molar-refractivity contribution in [3.8, 4) is 5.82 Å². The lowest BCUT2D eigenvalue weighted by Gasteiger charge is -2.21. The zero-order valence-electron chi connectivity index (χ0n) is 17.4.